The normalized spacial score (nSPS) is 10.9. The van der Waals surface area contributed by atoms with Gasteiger partial charge in [-0.15, -0.1) is 23.1 Å². The van der Waals surface area contributed by atoms with Gasteiger partial charge in [-0.3, -0.25) is 0 Å². The molecular weight excluding hydrogens is 412 g/mol. The number of hydrogen-bond acceptors (Lipinski definition) is 6. The number of ether oxygens (including phenoxy) is 1. The van der Waals surface area contributed by atoms with E-state index in [1.54, 1.807) is 35.5 Å². The maximum Gasteiger partial charge on any atom is 0.337 e. The number of aromatic nitrogens is 2. The van der Waals surface area contributed by atoms with Gasteiger partial charge in [0.05, 0.1) is 18.1 Å². The molecule has 0 spiro atoms. The Balaban J connectivity index is 1.65. The highest BCUT2D eigenvalue weighted by molar-refractivity contribution is 7.98. The number of carbonyl (C=O) groups excluding carboxylic acids is 1. The van der Waals surface area contributed by atoms with Crippen molar-refractivity contribution in [3.63, 3.8) is 0 Å². The Bertz CT molecular complexity index is 1140. The Morgan fingerprint density at radius 1 is 1.18 bits per heavy atom. The summed E-state index contributed by atoms with van der Waals surface area (Å²) >= 11 is 9.25. The molecule has 0 amide bonds. The van der Waals surface area contributed by atoms with Crippen molar-refractivity contribution in [2.24, 2.45) is 0 Å². The van der Waals surface area contributed by atoms with Gasteiger partial charge in [-0.25, -0.2) is 14.8 Å². The van der Waals surface area contributed by atoms with Crippen molar-refractivity contribution in [3.05, 3.63) is 76.4 Å². The van der Waals surface area contributed by atoms with E-state index in [9.17, 15) is 4.79 Å². The summed E-state index contributed by atoms with van der Waals surface area (Å²) in [6.07, 6.45) is 1.59. The zero-order chi connectivity index (χ0) is 19.5. The van der Waals surface area contributed by atoms with E-state index >= 15 is 0 Å². The predicted octanol–water partition coefficient (Wildman–Crippen LogP) is 6.09. The molecule has 0 saturated carbocycles. The minimum atomic E-state index is -0.334. The monoisotopic (exact) mass is 426 g/mol. The lowest BCUT2D eigenvalue weighted by atomic mass is 10.1. The van der Waals surface area contributed by atoms with Gasteiger partial charge >= 0.3 is 5.97 Å². The number of esters is 1. The molecule has 140 valence electrons. The molecular formula is C21H15ClN2O2S2. The Hall–Kier alpha value is -2.41. The van der Waals surface area contributed by atoms with E-state index in [0.29, 0.717) is 16.3 Å². The van der Waals surface area contributed by atoms with Crippen LogP contribution in [0.25, 0.3) is 21.3 Å². The number of carbonyl (C=O) groups is 1. The largest absolute Gasteiger partial charge is 0.465 e. The molecule has 2 heterocycles. The summed E-state index contributed by atoms with van der Waals surface area (Å²) < 4.78 is 4.80. The van der Waals surface area contributed by atoms with Crippen LogP contribution < -0.4 is 0 Å². The lowest BCUT2D eigenvalue weighted by Gasteiger charge is -2.07. The first kappa shape index (κ1) is 18.9. The van der Waals surface area contributed by atoms with Crippen LogP contribution in [0.1, 0.15) is 15.9 Å². The molecule has 4 nitrogen and oxygen atoms in total. The second kappa shape index (κ2) is 8.31. The van der Waals surface area contributed by atoms with Crippen LogP contribution in [0.5, 0.6) is 0 Å². The molecule has 0 aliphatic rings. The van der Waals surface area contributed by atoms with Gasteiger partial charge in [-0.1, -0.05) is 35.9 Å². The van der Waals surface area contributed by atoms with E-state index in [1.165, 1.54) is 7.11 Å². The average molecular weight is 427 g/mol. The van der Waals surface area contributed by atoms with Crippen molar-refractivity contribution in [2.45, 2.75) is 10.8 Å². The minimum absolute atomic E-state index is 0.334. The molecule has 0 aliphatic carbocycles. The molecule has 28 heavy (non-hydrogen) atoms. The summed E-state index contributed by atoms with van der Waals surface area (Å²) in [5, 5.41) is 4.77. The Labute approximate surface area is 175 Å². The first-order valence-electron chi connectivity index (χ1n) is 8.44. The molecule has 0 fully saturated rings. The SMILES string of the molecule is COC(=O)c1cccc(CSc2ncnc3scc(-c4ccc(Cl)cc4)c23)c1. The number of rotatable bonds is 5. The standard InChI is InChI=1S/C21H15ClN2O2S2/c1-26-21(25)15-4-2-3-13(9-15)10-27-19-18-17(11-28-20(18)24-12-23-19)14-5-7-16(22)8-6-14/h2-9,11-12H,10H2,1H3. The van der Waals surface area contributed by atoms with Crippen molar-refractivity contribution in [1.29, 1.82) is 0 Å². The fourth-order valence-corrected chi connectivity index (χ4v) is 4.92. The van der Waals surface area contributed by atoms with Crippen molar-refractivity contribution in [2.75, 3.05) is 7.11 Å². The van der Waals surface area contributed by atoms with Gasteiger partial charge in [0.25, 0.3) is 0 Å². The van der Waals surface area contributed by atoms with E-state index in [0.717, 1.165) is 31.9 Å². The van der Waals surface area contributed by atoms with Gasteiger partial charge in [0.2, 0.25) is 0 Å². The van der Waals surface area contributed by atoms with Gasteiger partial charge in [-0.05, 0) is 35.4 Å². The Morgan fingerprint density at radius 3 is 2.79 bits per heavy atom. The van der Waals surface area contributed by atoms with Crippen molar-refractivity contribution < 1.29 is 9.53 Å². The number of thiophene rings is 1. The summed E-state index contributed by atoms with van der Waals surface area (Å²) in [4.78, 5) is 21.6. The van der Waals surface area contributed by atoms with Gasteiger partial charge < -0.3 is 4.74 Å². The average Bonchev–Trinajstić information content (AvgIpc) is 3.17. The molecule has 4 aromatic rings. The summed E-state index contributed by atoms with van der Waals surface area (Å²) in [5.74, 6) is 0.353. The minimum Gasteiger partial charge on any atom is -0.465 e. The Morgan fingerprint density at radius 2 is 2.00 bits per heavy atom. The maximum absolute atomic E-state index is 11.7. The Kier molecular flexibility index (Phi) is 5.62. The van der Waals surface area contributed by atoms with Crippen LogP contribution in [0.15, 0.2) is 65.3 Å². The van der Waals surface area contributed by atoms with Crippen LogP contribution in [0.2, 0.25) is 5.02 Å². The number of hydrogen-bond donors (Lipinski definition) is 0. The summed E-state index contributed by atoms with van der Waals surface area (Å²) in [7, 11) is 1.39. The van der Waals surface area contributed by atoms with E-state index in [1.807, 2.05) is 42.5 Å². The topological polar surface area (TPSA) is 52.1 Å². The smallest absolute Gasteiger partial charge is 0.337 e. The van der Waals surface area contributed by atoms with E-state index in [2.05, 4.69) is 15.3 Å². The lowest BCUT2D eigenvalue weighted by Crippen LogP contribution is -2.01. The van der Waals surface area contributed by atoms with E-state index in [4.69, 9.17) is 16.3 Å². The molecule has 7 heteroatoms. The van der Waals surface area contributed by atoms with Crippen molar-refractivity contribution in [1.82, 2.24) is 9.97 Å². The number of thioether (sulfide) groups is 1. The fraction of sp³-hybridized carbons (Fsp3) is 0.0952. The van der Waals surface area contributed by atoms with Crippen LogP contribution >= 0.6 is 34.7 Å². The molecule has 0 radical (unpaired) electrons. The van der Waals surface area contributed by atoms with E-state index in [-0.39, 0.29) is 5.97 Å². The van der Waals surface area contributed by atoms with Crippen LogP contribution in [0.4, 0.5) is 0 Å². The zero-order valence-corrected chi connectivity index (χ0v) is 17.3. The lowest BCUT2D eigenvalue weighted by molar-refractivity contribution is 0.0600. The number of methoxy groups -OCH3 is 1. The third-order valence-electron chi connectivity index (χ3n) is 4.21. The van der Waals surface area contributed by atoms with E-state index < -0.39 is 0 Å². The van der Waals surface area contributed by atoms with Gasteiger partial charge in [-0.2, -0.15) is 0 Å². The van der Waals surface area contributed by atoms with Gasteiger partial charge in [0, 0.05) is 21.7 Å². The first-order valence-corrected chi connectivity index (χ1v) is 10.7. The molecule has 2 aromatic carbocycles. The van der Waals surface area contributed by atoms with Crippen LogP contribution in [-0.4, -0.2) is 23.0 Å². The first-order chi connectivity index (χ1) is 13.7. The summed E-state index contributed by atoms with van der Waals surface area (Å²) in [6.45, 7) is 0. The molecule has 0 atom stereocenters. The van der Waals surface area contributed by atoms with Crippen molar-refractivity contribution >= 4 is 50.9 Å². The van der Waals surface area contributed by atoms with Crippen LogP contribution in [-0.2, 0) is 10.5 Å². The summed E-state index contributed by atoms with van der Waals surface area (Å²) in [5.41, 5.74) is 3.76. The van der Waals surface area contributed by atoms with Crippen molar-refractivity contribution in [3.8, 4) is 11.1 Å². The molecule has 0 aliphatic heterocycles. The number of nitrogens with zero attached hydrogens (tertiary/aromatic N) is 2. The third kappa shape index (κ3) is 3.90. The molecule has 2 aromatic heterocycles. The highest BCUT2D eigenvalue weighted by atomic mass is 35.5. The molecule has 0 bridgehead atoms. The predicted molar refractivity (Wildman–Crippen MR) is 115 cm³/mol. The second-order valence-corrected chi connectivity index (χ2v) is 8.25. The quantitative estimate of drug-likeness (QED) is 0.219. The second-order valence-electron chi connectivity index (χ2n) is 6.00. The highest BCUT2D eigenvalue weighted by Gasteiger charge is 2.14. The summed E-state index contributed by atoms with van der Waals surface area (Å²) in [6, 6.07) is 15.2. The highest BCUT2D eigenvalue weighted by Crippen LogP contribution is 2.38. The maximum atomic E-state index is 11.7. The number of benzene rings is 2. The molecule has 0 saturated heterocycles. The molecule has 0 N–H and O–H groups in total. The fourth-order valence-electron chi connectivity index (χ4n) is 2.86. The van der Waals surface area contributed by atoms with Gasteiger partial charge in [0.1, 0.15) is 16.2 Å². The van der Waals surface area contributed by atoms with Gasteiger partial charge in [0.15, 0.2) is 0 Å². The zero-order valence-electron chi connectivity index (χ0n) is 14.9. The third-order valence-corrected chi connectivity index (χ3v) is 6.41. The molecule has 4 rings (SSSR count). The van der Waals surface area contributed by atoms with Crippen LogP contribution in [0, 0.1) is 0 Å². The van der Waals surface area contributed by atoms with Crippen LogP contribution in [0.3, 0.4) is 0 Å². The molecule has 0 unspecified atom stereocenters. The number of fused-ring (bicyclic) bond motifs is 1. The number of halogens is 1.